The van der Waals surface area contributed by atoms with Crippen LogP contribution in [-0.4, -0.2) is 71.7 Å². The quantitative estimate of drug-likeness (QED) is 0.858. The van der Waals surface area contributed by atoms with E-state index < -0.39 is 0 Å². The van der Waals surface area contributed by atoms with E-state index in [-0.39, 0.29) is 17.9 Å². The molecule has 0 saturated carbocycles. The van der Waals surface area contributed by atoms with Crippen molar-refractivity contribution >= 4 is 28.8 Å². The number of nitrogens with one attached hydrogen (secondary N) is 1. The molecule has 2 aliphatic rings. The van der Waals surface area contributed by atoms with E-state index in [1.54, 1.807) is 4.90 Å². The van der Waals surface area contributed by atoms with Gasteiger partial charge in [0.05, 0.1) is 30.3 Å². The summed E-state index contributed by atoms with van der Waals surface area (Å²) in [6.07, 6.45) is 0.368. The summed E-state index contributed by atoms with van der Waals surface area (Å²) in [5.74, 6) is 0.829. The fraction of sp³-hybridized carbons (Fsp3) is 0.526. The minimum atomic E-state index is -0.161. The summed E-state index contributed by atoms with van der Waals surface area (Å²) in [5.41, 5.74) is 2.35. The summed E-state index contributed by atoms with van der Waals surface area (Å²) in [4.78, 5) is 33.2. The van der Waals surface area contributed by atoms with Gasteiger partial charge in [-0.2, -0.15) is 0 Å². The number of carbonyl (C=O) groups excluding carboxylic acids is 2. The fourth-order valence-corrected chi connectivity index (χ4v) is 3.82. The van der Waals surface area contributed by atoms with Gasteiger partial charge in [-0.25, -0.2) is 4.98 Å². The third kappa shape index (κ3) is 3.37. The highest BCUT2D eigenvalue weighted by atomic mass is 16.5. The lowest BCUT2D eigenvalue weighted by Crippen LogP contribution is -2.37. The van der Waals surface area contributed by atoms with Gasteiger partial charge in [0.15, 0.2) is 0 Å². The maximum Gasteiger partial charge on any atom is 0.251 e. The van der Waals surface area contributed by atoms with E-state index in [0.29, 0.717) is 38.3 Å². The zero-order valence-corrected chi connectivity index (χ0v) is 15.8. The minimum absolute atomic E-state index is 0.0955. The van der Waals surface area contributed by atoms with Crippen LogP contribution in [0, 0.1) is 0 Å². The van der Waals surface area contributed by atoms with Crippen LogP contribution in [0.3, 0.4) is 0 Å². The van der Waals surface area contributed by atoms with Crippen molar-refractivity contribution in [3.05, 3.63) is 23.8 Å². The molecule has 2 aliphatic heterocycles. The number of amides is 2. The van der Waals surface area contributed by atoms with Crippen molar-refractivity contribution in [3.63, 3.8) is 0 Å². The number of hydrogen-bond donors (Lipinski definition) is 1. The van der Waals surface area contributed by atoms with Crippen molar-refractivity contribution in [2.24, 2.45) is 7.05 Å². The number of carbonyl (C=O) groups is 2. The van der Waals surface area contributed by atoms with Crippen molar-refractivity contribution in [1.29, 1.82) is 0 Å². The predicted octanol–water partition coefficient (Wildman–Crippen LogP) is 0.760. The minimum Gasteiger partial charge on any atom is -0.378 e. The lowest BCUT2D eigenvalue weighted by molar-refractivity contribution is -0.127. The Labute approximate surface area is 158 Å². The van der Waals surface area contributed by atoms with Gasteiger partial charge in [-0.15, -0.1) is 0 Å². The summed E-state index contributed by atoms with van der Waals surface area (Å²) in [5, 5.41) is 2.98. The number of morpholine rings is 1. The van der Waals surface area contributed by atoms with Crippen LogP contribution >= 0.6 is 0 Å². The van der Waals surface area contributed by atoms with E-state index in [0.717, 1.165) is 30.1 Å². The number of benzene rings is 1. The van der Waals surface area contributed by atoms with Gasteiger partial charge in [-0.3, -0.25) is 9.59 Å². The summed E-state index contributed by atoms with van der Waals surface area (Å²) in [6.45, 7) is 6.23. The number of likely N-dealkylation sites (N-methyl/N-ethyl adjacent to an activating group) is 1. The van der Waals surface area contributed by atoms with Crippen molar-refractivity contribution < 1.29 is 14.3 Å². The van der Waals surface area contributed by atoms with Crippen LogP contribution in [0.2, 0.25) is 0 Å². The molecule has 4 rings (SSSR count). The second kappa shape index (κ2) is 7.19. The number of hydrogen-bond acceptors (Lipinski definition) is 5. The second-order valence-electron chi connectivity index (χ2n) is 7.08. The van der Waals surface area contributed by atoms with Crippen LogP contribution in [0.1, 0.15) is 23.7 Å². The summed E-state index contributed by atoms with van der Waals surface area (Å²) in [7, 11) is 1.99. The number of rotatable bonds is 4. The van der Waals surface area contributed by atoms with E-state index in [9.17, 15) is 9.59 Å². The van der Waals surface area contributed by atoms with Gasteiger partial charge in [0, 0.05) is 45.2 Å². The molecule has 144 valence electrons. The van der Waals surface area contributed by atoms with E-state index in [1.807, 2.05) is 32.2 Å². The van der Waals surface area contributed by atoms with Gasteiger partial charge >= 0.3 is 0 Å². The Hall–Kier alpha value is -2.61. The average molecular weight is 371 g/mol. The molecule has 1 atom stereocenters. The molecule has 0 bridgehead atoms. The van der Waals surface area contributed by atoms with Crippen molar-refractivity contribution in [1.82, 2.24) is 19.8 Å². The number of nitrogens with zero attached hydrogens (tertiary/aromatic N) is 4. The number of aromatic nitrogens is 2. The maximum atomic E-state index is 12.6. The molecule has 2 aromatic rings. The lowest BCUT2D eigenvalue weighted by atomic mass is 10.1. The molecule has 27 heavy (non-hydrogen) atoms. The Morgan fingerprint density at radius 2 is 2.11 bits per heavy atom. The third-order valence-electron chi connectivity index (χ3n) is 5.34. The predicted molar refractivity (Wildman–Crippen MR) is 102 cm³/mol. The van der Waals surface area contributed by atoms with Crippen LogP contribution in [0.15, 0.2) is 18.2 Å². The molecule has 1 aromatic heterocycles. The van der Waals surface area contributed by atoms with Crippen molar-refractivity contribution in [2.75, 3.05) is 44.3 Å². The van der Waals surface area contributed by atoms with E-state index in [2.05, 4.69) is 14.8 Å². The average Bonchev–Trinajstić information content (AvgIpc) is 3.21. The SMILES string of the molecule is CCN1C[C@@H](NC(=O)c2ccc3c(c2)nc(N2CCOCC2)n3C)CC1=O. The van der Waals surface area contributed by atoms with Gasteiger partial charge in [0.2, 0.25) is 11.9 Å². The highest BCUT2D eigenvalue weighted by Gasteiger charge is 2.29. The largest absolute Gasteiger partial charge is 0.378 e. The molecule has 8 heteroatoms. The molecule has 1 aromatic carbocycles. The lowest BCUT2D eigenvalue weighted by Gasteiger charge is -2.27. The zero-order valence-electron chi connectivity index (χ0n) is 15.8. The molecule has 2 amide bonds. The van der Waals surface area contributed by atoms with Gasteiger partial charge in [-0.05, 0) is 25.1 Å². The zero-order chi connectivity index (χ0) is 19.0. The van der Waals surface area contributed by atoms with Crippen LogP contribution in [0.5, 0.6) is 0 Å². The topological polar surface area (TPSA) is 79.7 Å². The van der Waals surface area contributed by atoms with Gasteiger partial charge in [0.25, 0.3) is 5.91 Å². The molecule has 0 unspecified atom stereocenters. The van der Waals surface area contributed by atoms with E-state index >= 15 is 0 Å². The highest BCUT2D eigenvalue weighted by molar-refractivity contribution is 5.98. The Morgan fingerprint density at radius 1 is 1.33 bits per heavy atom. The fourth-order valence-electron chi connectivity index (χ4n) is 3.82. The first-order chi connectivity index (χ1) is 13.1. The Morgan fingerprint density at radius 3 is 2.81 bits per heavy atom. The molecular weight excluding hydrogens is 346 g/mol. The molecular formula is C19H25N5O3. The molecule has 0 radical (unpaired) electrons. The first-order valence-electron chi connectivity index (χ1n) is 9.44. The molecule has 0 aliphatic carbocycles. The van der Waals surface area contributed by atoms with E-state index in [1.165, 1.54) is 0 Å². The standard InChI is InChI=1S/C19H25N5O3/c1-3-23-12-14(11-17(23)25)20-18(26)13-4-5-16-15(10-13)21-19(22(16)2)24-6-8-27-9-7-24/h4-5,10,14H,3,6-9,11-12H2,1-2H3,(H,20,26)/t14-/m0/s1. The number of likely N-dealkylation sites (tertiary alicyclic amines) is 1. The van der Waals surface area contributed by atoms with Crippen LogP contribution in [-0.2, 0) is 16.6 Å². The summed E-state index contributed by atoms with van der Waals surface area (Å²) < 4.78 is 7.47. The van der Waals surface area contributed by atoms with Crippen molar-refractivity contribution in [3.8, 4) is 0 Å². The Kier molecular flexibility index (Phi) is 4.73. The molecule has 2 saturated heterocycles. The first kappa shape index (κ1) is 17.8. The normalized spacial score (nSPS) is 20.5. The number of anilines is 1. The van der Waals surface area contributed by atoms with Gasteiger partial charge in [0.1, 0.15) is 0 Å². The number of ether oxygens (including phenoxy) is 1. The highest BCUT2D eigenvalue weighted by Crippen LogP contribution is 2.23. The smallest absolute Gasteiger partial charge is 0.251 e. The first-order valence-corrected chi connectivity index (χ1v) is 9.44. The van der Waals surface area contributed by atoms with Crippen LogP contribution in [0.4, 0.5) is 5.95 Å². The van der Waals surface area contributed by atoms with Crippen LogP contribution < -0.4 is 10.2 Å². The number of fused-ring (bicyclic) bond motifs is 1. The van der Waals surface area contributed by atoms with Crippen molar-refractivity contribution in [2.45, 2.75) is 19.4 Å². The second-order valence-corrected chi connectivity index (χ2v) is 7.08. The summed E-state index contributed by atoms with van der Waals surface area (Å²) >= 11 is 0. The van der Waals surface area contributed by atoms with Gasteiger partial charge < -0.3 is 24.4 Å². The molecule has 3 heterocycles. The summed E-state index contributed by atoms with van der Waals surface area (Å²) in [6, 6.07) is 5.44. The van der Waals surface area contributed by atoms with Crippen LogP contribution in [0.25, 0.3) is 11.0 Å². The number of aryl methyl sites for hydroxylation is 1. The molecule has 1 N–H and O–H groups in total. The Balaban J connectivity index is 1.52. The number of imidazole rings is 1. The Bertz CT molecular complexity index is 872. The molecule has 2 fully saturated rings. The monoisotopic (exact) mass is 371 g/mol. The maximum absolute atomic E-state index is 12.6. The van der Waals surface area contributed by atoms with Gasteiger partial charge in [-0.1, -0.05) is 0 Å². The molecule has 0 spiro atoms. The van der Waals surface area contributed by atoms with E-state index in [4.69, 9.17) is 9.72 Å². The molecule has 8 nitrogen and oxygen atoms in total. The third-order valence-corrected chi connectivity index (χ3v) is 5.34.